The van der Waals surface area contributed by atoms with Crippen molar-refractivity contribution in [2.45, 2.75) is 45.1 Å². The molecule has 1 aliphatic rings. The van der Waals surface area contributed by atoms with Gasteiger partial charge in [-0.3, -0.25) is 4.79 Å². The van der Waals surface area contributed by atoms with E-state index < -0.39 is 0 Å². The van der Waals surface area contributed by atoms with E-state index in [1.54, 1.807) is 18.3 Å². The Morgan fingerprint density at radius 1 is 1.34 bits per heavy atom. The van der Waals surface area contributed by atoms with Crippen molar-refractivity contribution in [1.29, 1.82) is 0 Å². The van der Waals surface area contributed by atoms with Gasteiger partial charge >= 0.3 is 0 Å². The zero-order chi connectivity index (χ0) is 22.9. The highest BCUT2D eigenvalue weighted by Crippen LogP contribution is 2.29. The number of nitrogens with zero attached hydrogens (tertiary/aromatic N) is 2. The van der Waals surface area contributed by atoms with Crippen LogP contribution in [0.4, 0.5) is 15.9 Å². The first-order valence-electron chi connectivity index (χ1n) is 11.3. The summed E-state index contributed by atoms with van der Waals surface area (Å²) in [7, 11) is 0. The van der Waals surface area contributed by atoms with Crippen LogP contribution in [0, 0.1) is 5.82 Å². The van der Waals surface area contributed by atoms with Gasteiger partial charge in [0.25, 0.3) is 0 Å². The number of carbonyl (C=O) groups is 1. The van der Waals surface area contributed by atoms with Gasteiger partial charge in [0.2, 0.25) is 5.91 Å². The fourth-order valence-corrected chi connectivity index (χ4v) is 3.72. The summed E-state index contributed by atoms with van der Waals surface area (Å²) in [6, 6.07) is 9.35. The molecule has 2 atom stereocenters. The Hall–Kier alpha value is -3.09. The van der Waals surface area contributed by atoms with E-state index in [1.165, 1.54) is 0 Å². The highest BCUT2D eigenvalue weighted by molar-refractivity contribution is 5.83. The van der Waals surface area contributed by atoms with Gasteiger partial charge in [-0.05, 0) is 43.5 Å². The Balaban J connectivity index is 1.56. The molecule has 0 aliphatic carbocycles. The third-order valence-electron chi connectivity index (χ3n) is 5.62. The summed E-state index contributed by atoms with van der Waals surface area (Å²) < 4.78 is 21.0. The SMILES string of the molecule is C=CCCNC(=O)C(C)c1ccc(O[C@@H]2CCN(c3ccnc(NCCC)c3F)C2)cc1. The number of halogens is 1. The summed E-state index contributed by atoms with van der Waals surface area (Å²) in [5.74, 6) is 0.499. The number of aromatic nitrogens is 1. The third-order valence-corrected chi connectivity index (χ3v) is 5.62. The van der Waals surface area contributed by atoms with E-state index >= 15 is 0 Å². The van der Waals surface area contributed by atoms with Crippen molar-refractivity contribution in [3.05, 3.63) is 60.6 Å². The van der Waals surface area contributed by atoms with E-state index in [0.717, 1.165) is 37.1 Å². The van der Waals surface area contributed by atoms with Crippen molar-refractivity contribution in [2.75, 3.05) is 36.4 Å². The Kier molecular flexibility index (Phi) is 8.48. The second kappa shape index (κ2) is 11.5. The molecule has 0 saturated carbocycles. The summed E-state index contributed by atoms with van der Waals surface area (Å²) >= 11 is 0. The van der Waals surface area contributed by atoms with Crippen LogP contribution in [0.15, 0.2) is 49.2 Å². The molecule has 1 amide bonds. The molecular formula is C25H33FN4O2. The molecule has 6 nitrogen and oxygen atoms in total. The monoisotopic (exact) mass is 440 g/mol. The molecule has 0 spiro atoms. The molecule has 0 radical (unpaired) electrons. The van der Waals surface area contributed by atoms with E-state index in [0.29, 0.717) is 31.1 Å². The lowest BCUT2D eigenvalue weighted by Gasteiger charge is -2.21. The number of amides is 1. The van der Waals surface area contributed by atoms with Crippen LogP contribution in [-0.4, -0.2) is 43.2 Å². The van der Waals surface area contributed by atoms with E-state index in [2.05, 4.69) is 22.2 Å². The molecular weight excluding hydrogens is 407 g/mol. The molecule has 2 N–H and O–H groups in total. The molecule has 172 valence electrons. The van der Waals surface area contributed by atoms with Crippen molar-refractivity contribution in [1.82, 2.24) is 10.3 Å². The Bertz CT molecular complexity index is 903. The Labute approximate surface area is 189 Å². The minimum atomic E-state index is -0.314. The second-order valence-electron chi connectivity index (χ2n) is 8.05. The van der Waals surface area contributed by atoms with E-state index in [9.17, 15) is 9.18 Å². The lowest BCUT2D eigenvalue weighted by atomic mass is 10.0. The fourth-order valence-electron chi connectivity index (χ4n) is 3.72. The second-order valence-corrected chi connectivity index (χ2v) is 8.05. The molecule has 2 aromatic rings. The van der Waals surface area contributed by atoms with Gasteiger partial charge in [-0.15, -0.1) is 6.58 Å². The van der Waals surface area contributed by atoms with Crippen molar-refractivity contribution in [2.24, 2.45) is 0 Å². The highest BCUT2D eigenvalue weighted by Gasteiger charge is 2.27. The maximum absolute atomic E-state index is 14.8. The molecule has 1 fully saturated rings. The largest absolute Gasteiger partial charge is 0.489 e. The number of hydrogen-bond donors (Lipinski definition) is 2. The number of pyridine rings is 1. The smallest absolute Gasteiger partial charge is 0.227 e. The van der Waals surface area contributed by atoms with Gasteiger partial charge in [0.15, 0.2) is 11.6 Å². The van der Waals surface area contributed by atoms with Crippen LogP contribution in [-0.2, 0) is 4.79 Å². The number of nitrogens with one attached hydrogen (secondary N) is 2. The van der Waals surface area contributed by atoms with Gasteiger partial charge in [0.05, 0.1) is 18.2 Å². The topological polar surface area (TPSA) is 66.5 Å². The number of anilines is 2. The molecule has 0 bridgehead atoms. The number of hydrogen-bond acceptors (Lipinski definition) is 5. The predicted molar refractivity (Wildman–Crippen MR) is 127 cm³/mol. The standard InChI is InChI=1S/C25H33FN4O2/c1-4-6-14-29-25(31)18(3)19-7-9-20(10-8-19)32-21-12-16-30(17-21)22-11-15-28-24(23(22)26)27-13-5-2/h4,7-11,15,18,21H,1,5-6,12-14,16-17H2,2-3H3,(H,27,28)(H,29,31)/t18?,21-/m1/s1. The van der Waals surface area contributed by atoms with Crippen LogP contribution < -0.4 is 20.3 Å². The molecule has 3 rings (SSSR count). The summed E-state index contributed by atoms with van der Waals surface area (Å²) in [4.78, 5) is 18.4. The van der Waals surface area contributed by atoms with Crippen LogP contribution in [0.3, 0.4) is 0 Å². The number of carbonyl (C=O) groups excluding carboxylic acids is 1. The first-order chi connectivity index (χ1) is 15.5. The minimum absolute atomic E-state index is 0.000809. The summed E-state index contributed by atoms with van der Waals surface area (Å²) in [5, 5.41) is 5.95. The van der Waals surface area contributed by atoms with E-state index in [1.807, 2.05) is 43.0 Å². The molecule has 1 unspecified atom stereocenters. The minimum Gasteiger partial charge on any atom is -0.489 e. The maximum Gasteiger partial charge on any atom is 0.227 e. The van der Waals surface area contributed by atoms with Gasteiger partial charge < -0.3 is 20.3 Å². The van der Waals surface area contributed by atoms with Crippen LogP contribution >= 0.6 is 0 Å². The molecule has 7 heteroatoms. The van der Waals surface area contributed by atoms with Crippen molar-refractivity contribution in [3.63, 3.8) is 0 Å². The zero-order valence-electron chi connectivity index (χ0n) is 18.9. The maximum atomic E-state index is 14.8. The van der Waals surface area contributed by atoms with Crippen LogP contribution in [0.25, 0.3) is 0 Å². The predicted octanol–water partition coefficient (Wildman–Crippen LogP) is 4.50. The number of benzene rings is 1. The number of rotatable bonds is 11. The first-order valence-corrected chi connectivity index (χ1v) is 11.3. The first kappa shape index (κ1) is 23.6. The highest BCUT2D eigenvalue weighted by atomic mass is 19.1. The molecule has 1 saturated heterocycles. The normalized spacial score (nSPS) is 16.5. The summed E-state index contributed by atoms with van der Waals surface area (Å²) in [5.41, 5.74) is 1.49. The molecule has 1 aliphatic heterocycles. The lowest BCUT2D eigenvalue weighted by molar-refractivity contribution is -0.122. The summed E-state index contributed by atoms with van der Waals surface area (Å²) in [6.07, 6.45) is 5.86. The van der Waals surface area contributed by atoms with Crippen molar-refractivity contribution in [3.8, 4) is 5.75 Å². The van der Waals surface area contributed by atoms with Crippen molar-refractivity contribution >= 4 is 17.4 Å². The van der Waals surface area contributed by atoms with Gasteiger partial charge in [0.1, 0.15) is 11.9 Å². The zero-order valence-corrected chi connectivity index (χ0v) is 18.9. The van der Waals surface area contributed by atoms with E-state index in [4.69, 9.17) is 4.74 Å². The molecule has 1 aromatic heterocycles. The van der Waals surface area contributed by atoms with Gasteiger partial charge in [-0.25, -0.2) is 9.37 Å². The average molecular weight is 441 g/mol. The average Bonchev–Trinajstić information content (AvgIpc) is 3.26. The molecule has 32 heavy (non-hydrogen) atoms. The van der Waals surface area contributed by atoms with Gasteiger partial charge in [0, 0.05) is 32.3 Å². The molecule has 2 heterocycles. The molecule has 1 aromatic carbocycles. The van der Waals surface area contributed by atoms with Crippen LogP contribution in [0.5, 0.6) is 5.75 Å². The van der Waals surface area contributed by atoms with Gasteiger partial charge in [-0.2, -0.15) is 0 Å². The van der Waals surface area contributed by atoms with Gasteiger partial charge in [-0.1, -0.05) is 25.1 Å². The number of ether oxygens (including phenoxy) is 1. The van der Waals surface area contributed by atoms with Crippen LogP contribution in [0.1, 0.15) is 44.6 Å². The third kappa shape index (κ3) is 5.99. The quantitative estimate of drug-likeness (QED) is 0.398. The lowest BCUT2D eigenvalue weighted by Crippen LogP contribution is -2.28. The van der Waals surface area contributed by atoms with Crippen LogP contribution in [0.2, 0.25) is 0 Å². The Morgan fingerprint density at radius 3 is 2.84 bits per heavy atom. The Morgan fingerprint density at radius 2 is 2.12 bits per heavy atom. The summed E-state index contributed by atoms with van der Waals surface area (Å²) in [6.45, 7) is 10.2. The fraction of sp³-hybridized carbons (Fsp3) is 0.440. The van der Waals surface area contributed by atoms with Crippen molar-refractivity contribution < 1.29 is 13.9 Å². The van der Waals surface area contributed by atoms with E-state index in [-0.39, 0.29) is 23.7 Å².